The van der Waals surface area contributed by atoms with E-state index in [9.17, 15) is 0 Å². The van der Waals surface area contributed by atoms with E-state index in [1.165, 1.54) is 68.7 Å². The number of hydrogen-bond donors (Lipinski definition) is 0. The number of benzene rings is 2. The minimum atomic E-state index is -1.17. The van der Waals surface area contributed by atoms with Crippen LogP contribution < -0.4 is 10.6 Å². The molecule has 0 bridgehead atoms. The van der Waals surface area contributed by atoms with Crippen molar-refractivity contribution in [3.63, 3.8) is 0 Å². The molecule has 2 aromatic rings. The lowest BCUT2D eigenvalue weighted by Gasteiger charge is -2.30. The maximum atomic E-state index is 2.57. The Morgan fingerprint density at radius 2 is 1.08 bits per heavy atom. The van der Waals surface area contributed by atoms with Crippen molar-refractivity contribution in [1.82, 2.24) is 0 Å². The first-order valence-electron chi connectivity index (χ1n) is 9.82. The van der Waals surface area contributed by atoms with E-state index in [1.54, 1.807) is 10.6 Å². The largest absolute Gasteiger partial charge is 0.0716 e. The number of hydrogen-bond acceptors (Lipinski definition) is 0. The molecule has 0 spiro atoms. The summed E-state index contributed by atoms with van der Waals surface area (Å²) in [5.74, 6) is 0. The van der Waals surface area contributed by atoms with Gasteiger partial charge in [0.1, 0.15) is 0 Å². The van der Waals surface area contributed by atoms with Gasteiger partial charge in [-0.25, -0.2) is 0 Å². The predicted octanol–water partition coefficient (Wildman–Crippen LogP) is 6.41. The summed E-state index contributed by atoms with van der Waals surface area (Å²) in [6.07, 6.45) is 12.7. The molecular weight excluding hydrogens is 307 g/mol. The number of rotatable bonds is 9. The molecular formula is C23H32P. The van der Waals surface area contributed by atoms with Crippen LogP contribution in [0.4, 0.5) is 0 Å². The second kappa shape index (κ2) is 8.30. The molecule has 2 aromatic carbocycles. The van der Waals surface area contributed by atoms with Crippen LogP contribution >= 0.6 is 7.26 Å². The van der Waals surface area contributed by atoms with Gasteiger partial charge in [0, 0.05) is 0 Å². The van der Waals surface area contributed by atoms with Gasteiger partial charge in [0.15, 0.2) is 0 Å². The molecule has 0 N–H and O–H groups in total. The lowest BCUT2D eigenvalue weighted by atomic mass is 10.1. The second-order valence-electron chi connectivity index (χ2n) is 7.42. The quantitative estimate of drug-likeness (QED) is 0.366. The fourth-order valence-electron chi connectivity index (χ4n) is 4.20. The molecule has 24 heavy (non-hydrogen) atoms. The lowest BCUT2D eigenvalue weighted by molar-refractivity contribution is 0.586. The number of fused-ring (bicyclic) bond motifs is 3. The van der Waals surface area contributed by atoms with Crippen molar-refractivity contribution < 1.29 is 0 Å². The monoisotopic (exact) mass is 339 g/mol. The summed E-state index contributed by atoms with van der Waals surface area (Å²) in [6, 6.07) is 18.3. The molecule has 1 radical (unpaired) electrons. The Kier molecular flexibility index (Phi) is 6.12. The summed E-state index contributed by atoms with van der Waals surface area (Å²) in [4.78, 5) is 0. The van der Waals surface area contributed by atoms with Crippen LogP contribution in [0.3, 0.4) is 0 Å². The Hall–Kier alpha value is -1.13. The SMILES string of the molecule is CCCCCCCCCC[P]1(C)c2ccccc2-c2ccccc21. The molecule has 0 amide bonds. The van der Waals surface area contributed by atoms with Crippen LogP contribution in [0.15, 0.2) is 48.5 Å². The highest BCUT2D eigenvalue weighted by atomic mass is 31.2. The fraction of sp³-hybridized carbons (Fsp3) is 0.478. The summed E-state index contributed by atoms with van der Waals surface area (Å²) in [6.45, 7) is 4.86. The first kappa shape index (κ1) is 17.7. The zero-order valence-electron chi connectivity index (χ0n) is 15.4. The molecule has 1 heteroatoms. The van der Waals surface area contributed by atoms with E-state index < -0.39 is 7.26 Å². The average molecular weight is 339 g/mol. The van der Waals surface area contributed by atoms with Gasteiger partial charge >= 0.3 is 0 Å². The maximum absolute atomic E-state index is 2.57. The highest BCUT2D eigenvalue weighted by molar-refractivity contribution is 7.90. The molecule has 0 aromatic heterocycles. The second-order valence-corrected chi connectivity index (χ2v) is 11.2. The third kappa shape index (κ3) is 3.60. The van der Waals surface area contributed by atoms with Gasteiger partial charge in [-0.05, 0) is 41.0 Å². The predicted molar refractivity (Wildman–Crippen MR) is 111 cm³/mol. The zero-order chi connectivity index (χ0) is 16.8. The maximum Gasteiger partial charge on any atom is -0.0101 e. The van der Waals surface area contributed by atoms with Crippen molar-refractivity contribution >= 4 is 17.9 Å². The standard InChI is InChI=1S/C23H32P/c1-3-4-5-6-7-8-9-14-19-24(2)22-17-12-10-15-20(22)21-16-11-13-18-23(21)24/h10-13,15-18H,3-9,14,19H2,1-2H3. The van der Waals surface area contributed by atoms with E-state index >= 15 is 0 Å². The van der Waals surface area contributed by atoms with E-state index in [2.05, 4.69) is 62.1 Å². The lowest BCUT2D eigenvalue weighted by Crippen LogP contribution is -2.19. The molecule has 1 aliphatic heterocycles. The third-order valence-electron chi connectivity index (χ3n) is 5.62. The normalized spacial score (nSPS) is 14.4. The van der Waals surface area contributed by atoms with Crippen molar-refractivity contribution in [3.05, 3.63) is 48.5 Å². The first-order chi connectivity index (χ1) is 11.8. The fourth-order valence-corrected chi connectivity index (χ4v) is 8.08. The Bertz CT molecular complexity index is 613. The van der Waals surface area contributed by atoms with Gasteiger partial charge < -0.3 is 0 Å². The van der Waals surface area contributed by atoms with E-state index in [0.29, 0.717) is 0 Å². The summed E-state index contributed by atoms with van der Waals surface area (Å²) >= 11 is 0. The number of unbranched alkanes of at least 4 members (excludes halogenated alkanes) is 7. The van der Waals surface area contributed by atoms with Crippen LogP contribution in [0.1, 0.15) is 58.3 Å². The Balaban J connectivity index is 1.61. The van der Waals surface area contributed by atoms with E-state index in [-0.39, 0.29) is 0 Å². The van der Waals surface area contributed by atoms with Crippen molar-refractivity contribution in [1.29, 1.82) is 0 Å². The van der Waals surface area contributed by atoms with E-state index in [0.717, 1.165) is 0 Å². The molecule has 1 heterocycles. The van der Waals surface area contributed by atoms with Crippen LogP contribution in [0.5, 0.6) is 0 Å². The van der Waals surface area contributed by atoms with E-state index in [1.807, 2.05) is 0 Å². The van der Waals surface area contributed by atoms with Crippen LogP contribution in [-0.4, -0.2) is 12.8 Å². The van der Waals surface area contributed by atoms with Gasteiger partial charge in [-0.1, -0.05) is 108 Å². The molecule has 3 rings (SSSR count). The van der Waals surface area contributed by atoms with Crippen molar-refractivity contribution in [2.75, 3.05) is 12.8 Å². The van der Waals surface area contributed by atoms with Crippen LogP contribution in [-0.2, 0) is 0 Å². The highest BCUT2D eigenvalue weighted by Gasteiger charge is 2.36. The molecule has 0 unspecified atom stereocenters. The van der Waals surface area contributed by atoms with Crippen molar-refractivity contribution in [3.8, 4) is 11.1 Å². The van der Waals surface area contributed by atoms with Gasteiger partial charge in [-0.15, -0.1) is 0 Å². The molecule has 0 saturated heterocycles. The summed E-state index contributed by atoms with van der Waals surface area (Å²) in [5, 5.41) is 3.29. The minimum Gasteiger partial charge on any atom is -0.0716 e. The van der Waals surface area contributed by atoms with Crippen LogP contribution in [0.2, 0.25) is 0 Å². The Morgan fingerprint density at radius 1 is 0.625 bits per heavy atom. The van der Waals surface area contributed by atoms with Crippen LogP contribution in [0.25, 0.3) is 11.1 Å². The molecule has 0 atom stereocenters. The summed E-state index contributed by atoms with van der Waals surface area (Å²) < 4.78 is 0. The van der Waals surface area contributed by atoms with Crippen LogP contribution in [0, 0.1) is 0 Å². The molecule has 0 nitrogen and oxygen atoms in total. The minimum absolute atomic E-state index is 1.17. The van der Waals surface area contributed by atoms with Gasteiger partial charge in [0.2, 0.25) is 0 Å². The van der Waals surface area contributed by atoms with Gasteiger partial charge in [-0.3, -0.25) is 0 Å². The van der Waals surface area contributed by atoms with Crippen molar-refractivity contribution in [2.45, 2.75) is 58.3 Å². The smallest absolute Gasteiger partial charge is 0.0101 e. The first-order valence-corrected chi connectivity index (χ1v) is 12.2. The Labute approximate surface area is 149 Å². The average Bonchev–Trinajstić information content (AvgIpc) is 2.88. The molecule has 1 aliphatic rings. The molecule has 129 valence electrons. The van der Waals surface area contributed by atoms with Gasteiger partial charge in [0.05, 0.1) is 0 Å². The molecule has 0 aliphatic carbocycles. The zero-order valence-corrected chi connectivity index (χ0v) is 16.3. The highest BCUT2D eigenvalue weighted by Crippen LogP contribution is 2.60. The Morgan fingerprint density at radius 3 is 1.62 bits per heavy atom. The van der Waals surface area contributed by atoms with Gasteiger partial charge in [-0.2, -0.15) is 0 Å². The van der Waals surface area contributed by atoms with E-state index in [4.69, 9.17) is 0 Å². The summed E-state index contributed by atoms with van der Waals surface area (Å²) in [5.41, 5.74) is 3.01. The van der Waals surface area contributed by atoms with Crippen molar-refractivity contribution in [2.24, 2.45) is 0 Å². The molecule has 0 fully saturated rings. The topological polar surface area (TPSA) is 0 Å². The summed E-state index contributed by atoms with van der Waals surface area (Å²) in [7, 11) is -1.17. The molecule has 0 saturated carbocycles. The van der Waals surface area contributed by atoms with Gasteiger partial charge in [0.25, 0.3) is 0 Å². The third-order valence-corrected chi connectivity index (χ3v) is 9.74.